The Bertz CT molecular complexity index is 3280. The van der Waals surface area contributed by atoms with Crippen LogP contribution in [0, 0.1) is 0 Å². The van der Waals surface area contributed by atoms with Crippen LogP contribution in [0.4, 0.5) is 0 Å². The molecule has 5 fully saturated rings. The number of carbonyl (C=O) groups is 3. The summed E-state index contributed by atoms with van der Waals surface area (Å²) in [6.07, 6.45) is -67.9. The standard InChI is InChI=1S/C30H48N2O48S7/c33-7-6(32-82(49,50)51)28(70-3(1-67-83(52,53)54)13(7)72-29-19(79-86(61,62)63)10(36)9(35)17(76-29)23(39)40)75-16-12(38)20(80-87(64,65)66)30(77-22(16)25(43)44)73-14-4(2-68-84(55,56)57)69-27(5(8(14)34)31-81(46,47)48)74-15-11(37)18(78-85(58,59)60)26(45)71-21(15)24(41)42/h3-22,26-38,45H,1-2H2,(H,39,40)(H,41,42)(H,43,44)(H,46,47,48)(H,49,50,51)(H,52,53,54)(H,55,56,57)(H,58,59,60)(H,61,62,63)(H,64,65,66)/t3-,4-,5-,6-,7-,8-,9+,10+,11+,12+,13-,14-,15+,16+,17-,18-,19-,20-,21-,22-,26?,27-,28-,29-,30-/m1/s1. The highest BCUT2D eigenvalue weighted by atomic mass is 32.3. The molecule has 25 atom stereocenters. The molecule has 5 aliphatic rings. The third kappa shape index (κ3) is 20.7. The van der Waals surface area contributed by atoms with E-state index >= 15 is 0 Å². The second-order valence-electron chi connectivity index (χ2n) is 17.9. The van der Waals surface area contributed by atoms with Gasteiger partial charge in [0.25, 0.3) is 0 Å². The van der Waals surface area contributed by atoms with Gasteiger partial charge in [-0.05, 0) is 0 Å². The molecule has 0 saturated carbocycles. The maximum atomic E-state index is 13.0. The van der Waals surface area contributed by atoms with Crippen LogP contribution in [0.1, 0.15) is 0 Å². The van der Waals surface area contributed by atoms with Gasteiger partial charge in [-0.3, -0.25) is 31.9 Å². The van der Waals surface area contributed by atoms with Gasteiger partial charge in [-0.25, -0.2) is 35.3 Å². The smallest absolute Gasteiger partial charge is 0.397 e. The second-order valence-corrected chi connectivity index (χ2v) is 25.6. The van der Waals surface area contributed by atoms with Gasteiger partial charge in [0.2, 0.25) is 0 Å². The number of carboxylic acid groups (broad SMARTS) is 3. The molecule has 0 aliphatic carbocycles. The Kier molecular flexibility index (Phi) is 24.0. The third-order valence-corrected chi connectivity index (χ3v) is 15.3. The lowest BCUT2D eigenvalue weighted by atomic mass is 9.94. The van der Waals surface area contributed by atoms with Crippen LogP contribution in [0.25, 0.3) is 0 Å². The maximum Gasteiger partial charge on any atom is 0.397 e. The molecule has 1 unspecified atom stereocenters. The molecule has 0 aromatic heterocycles. The maximum absolute atomic E-state index is 13.0. The number of rotatable bonds is 27. The lowest BCUT2D eigenvalue weighted by Crippen LogP contribution is -2.71. The molecule has 0 aromatic rings. The highest BCUT2D eigenvalue weighted by Crippen LogP contribution is 2.38. The van der Waals surface area contributed by atoms with E-state index in [4.69, 9.17) is 37.9 Å². The summed E-state index contributed by atoms with van der Waals surface area (Å²) in [6.45, 7) is -3.71. The lowest BCUT2D eigenvalue weighted by molar-refractivity contribution is -0.372. The van der Waals surface area contributed by atoms with E-state index in [0.29, 0.717) is 0 Å². The minimum absolute atomic E-state index is 1.17. The van der Waals surface area contributed by atoms with Gasteiger partial charge in [0.05, 0.1) is 13.2 Å². The molecule has 87 heavy (non-hydrogen) atoms. The van der Waals surface area contributed by atoms with Gasteiger partial charge in [-0.1, -0.05) is 0 Å². The molecule has 5 rings (SSSR count). The molecule has 0 spiro atoms. The van der Waals surface area contributed by atoms with Crippen LogP contribution >= 0.6 is 0 Å². The largest absolute Gasteiger partial charge is 0.479 e. The first-order chi connectivity index (χ1) is 39.4. The van der Waals surface area contributed by atoms with Crippen LogP contribution in [0.2, 0.25) is 0 Å². The van der Waals surface area contributed by atoms with Gasteiger partial charge < -0.3 is 93.7 Å². The molecule has 0 amide bonds. The van der Waals surface area contributed by atoms with Crippen molar-refractivity contribution in [1.82, 2.24) is 9.44 Å². The van der Waals surface area contributed by atoms with Crippen molar-refractivity contribution in [3.05, 3.63) is 0 Å². The van der Waals surface area contributed by atoms with E-state index in [1.165, 1.54) is 9.44 Å². The van der Waals surface area contributed by atoms with Crippen LogP contribution in [0.15, 0.2) is 0 Å². The fourth-order valence-corrected chi connectivity index (χ4v) is 11.8. The molecule has 508 valence electrons. The lowest BCUT2D eigenvalue weighted by Gasteiger charge is -2.50. The Morgan fingerprint density at radius 3 is 0.989 bits per heavy atom. The van der Waals surface area contributed by atoms with Crippen molar-refractivity contribution in [3.8, 4) is 0 Å². The van der Waals surface area contributed by atoms with Crippen LogP contribution in [0.5, 0.6) is 0 Å². The second kappa shape index (κ2) is 28.0. The van der Waals surface area contributed by atoms with Crippen molar-refractivity contribution in [3.63, 3.8) is 0 Å². The van der Waals surface area contributed by atoms with Crippen LogP contribution in [-0.2, 0) is 151 Å². The molecule has 50 nitrogen and oxygen atoms in total. The molecule has 5 heterocycles. The van der Waals surface area contributed by atoms with Gasteiger partial charge in [-0.2, -0.15) is 68.4 Å². The predicted octanol–water partition coefficient (Wildman–Crippen LogP) is -13.7. The number of aliphatic carboxylic acids is 3. The molecule has 0 bridgehead atoms. The summed E-state index contributed by atoms with van der Waals surface area (Å²) in [6, 6.07) is -5.91. The Hall–Kier alpha value is -3.14. The molecule has 5 aliphatic heterocycles. The molecule has 57 heteroatoms. The van der Waals surface area contributed by atoms with E-state index in [1.807, 2.05) is 0 Å². The quantitative estimate of drug-likeness (QED) is 0.0340. The Morgan fingerprint density at radius 2 is 0.655 bits per heavy atom. The van der Waals surface area contributed by atoms with Gasteiger partial charge >= 0.3 is 90.5 Å². The molecule has 0 aromatic carbocycles. The highest BCUT2D eigenvalue weighted by Gasteiger charge is 2.61. The van der Waals surface area contributed by atoms with E-state index in [2.05, 4.69) is 25.7 Å². The summed E-state index contributed by atoms with van der Waals surface area (Å²) >= 11 is 0. The number of nitrogens with one attached hydrogen (secondary N) is 2. The zero-order chi connectivity index (χ0) is 66.4. The number of carboxylic acids is 3. The zero-order valence-corrected chi connectivity index (χ0v) is 47.2. The Morgan fingerprint density at radius 1 is 0.345 bits per heavy atom. The molecule has 19 N–H and O–H groups in total. The fourth-order valence-electron chi connectivity index (χ4n) is 8.56. The number of aliphatic hydroxyl groups is 7. The summed E-state index contributed by atoms with van der Waals surface area (Å²) in [7, 11) is -41.2. The molecular formula is C30H48N2O48S7. The highest BCUT2D eigenvalue weighted by molar-refractivity contribution is 7.84. The van der Waals surface area contributed by atoms with Gasteiger partial charge in [0.15, 0.2) is 68.1 Å². The Balaban J connectivity index is 1.59. The molecule has 0 radical (unpaired) electrons. The van der Waals surface area contributed by atoms with Crippen LogP contribution in [-0.4, -0.2) is 326 Å². The zero-order valence-electron chi connectivity index (χ0n) is 41.5. The number of ether oxygens (including phenoxy) is 9. The van der Waals surface area contributed by atoms with E-state index in [1.54, 1.807) is 0 Å². The van der Waals surface area contributed by atoms with Crippen molar-refractivity contribution in [2.75, 3.05) is 13.2 Å². The number of aliphatic hydroxyl groups excluding tert-OH is 7. The summed E-state index contributed by atoms with van der Waals surface area (Å²) in [5.41, 5.74) is 0. The predicted molar refractivity (Wildman–Crippen MR) is 245 cm³/mol. The number of hydrogen-bond acceptors (Lipinski definition) is 38. The van der Waals surface area contributed by atoms with Gasteiger partial charge in [-0.15, -0.1) is 0 Å². The summed E-state index contributed by atoms with van der Waals surface area (Å²) in [5.74, 6) is -7.00. The minimum atomic E-state index is -6.23. The van der Waals surface area contributed by atoms with Crippen molar-refractivity contribution in [2.24, 2.45) is 0 Å². The first-order valence-corrected chi connectivity index (χ1v) is 32.1. The van der Waals surface area contributed by atoms with Gasteiger partial charge in [0.1, 0.15) is 85.3 Å². The van der Waals surface area contributed by atoms with E-state index in [-0.39, 0.29) is 0 Å². The first-order valence-electron chi connectivity index (χ1n) is 22.4. The molecular weight excluding hydrogens is 1380 g/mol. The average Bonchev–Trinajstić information content (AvgIpc) is 0.897. The SMILES string of the molecule is O=C(O)[C@@H]1O[C@@H](O[C@H]2[C@H](O)[C@@H](NS(=O)(=O)O)[C@@H](O[C@H]3[C@H](O)[C@@H](OS(=O)(=O)O)[C@H](O[C@H]4[C@H](O)[C@@H](NS(=O)(=O)O)[C@@H](O[C@H]5[C@H](O)[C@@H](OS(=O)(=O)O)C(O)O[C@H]5C(=O)O)O[C@@H]4COS(=O)(=O)O)O[C@H]3C(=O)O)O[C@@H]2COS(=O)(=O)O)[C@H](OS(=O)(=O)O)[C@@H](O)[C@@H]1O. The Labute approximate surface area is 484 Å². The average molecular weight is 1430 g/mol. The number of hydrogen-bond donors (Lipinski definition) is 19. The van der Waals surface area contributed by atoms with Gasteiger partial charge in [0, 0.05) is 0 Å². The summed E-state index contributed by atoms with van der Waals surface area (Å²) in [4.78, 5) is 37.1. The van der Waals surface area contributed by atoms with Crippen LogP contribution in [0.3, 0.4) is 0 Å². The summed E-state index contributed by atoms with van der Waals surface area (Å²) in [5, 5.41) is 107. The normalized spacial score (nSPS) is 39.6. The summed E-state index contributed by atoms with van der Waals surface area (Å²) < 4.78 is 305. The van der Waals surface area contributed by atoms with Crippen molar-refractivity contribution < 1.29 is 220 Å². The fraction of sp³-hybridized carbons (Fsp3) is 0.900. The first kappa shape index (κ1) is 74.6. The van der Waals surface area contributed by atoms with Crippen LogP contribution < -0.4 is 9.44 Å². The van der Waals surface area contributed by atoms with E-state index < -0.39 is 257 Å². The molecule has 5 saturated heterocycles. The van der Waals surface area contributed by atoms with E-state index in [9.17, 15) is 156 Å². The minimum Gasteiger partial charge on any atom is -0.479 e. The third-order valence-electron chi connectivity index (χ3n) is 11.9. The van der Waals surface area contributed by atoms with Crippen molar-refractivity contribution in [1.29, 1.82) is 0 Å². The van der Waals surface area contributed by atoms with Crippen molar-refractivity contribution in [2.45, 2.75) is 153 Å². The van der Waals surface area contributed by atoms with E-state index in [0.717, 1.165) is 0 Å². The monoisotopic (exact) mass is 1430 g/mol. The topological polar surface area (TPSA) is 787 Å². The van der Waals surface area contributed by atoms with Crippen molar-refractivity contribution >= 4 is 90.5 Å².